The molecule has 8 nitrogen and oxygen atoms in total. The first-order valence-corrected chi connectivity index (χ1v) is 11.8. The number of rotatable bonds is 6. The molecular weight excluding hydrogens is 428 g/mol. The molecule has 4 aromatic rings. The first kappa shape index (κ1) is 22.3. The zero-order chi connectivity index (χ0) is 23.7. The lowest BCUT2D eigenvalue weighted by molar-refractivity contribution is 0.141. The number of pyridine rings is 1. The van der Waals surface area contributed by atoms with Crippen molar-refractivity contribution in [3.05, 3.63) is 81.4 Å². The van der Waals surface area contributed by atoms with Crippen LogP contribution in [0.5, 0.6) is 5.75 Å². The number of aromatic nitrogens is 5. The molecule has 1 fully saturated rings. The maximum Gasteiger partial charge on any atom is 0.253 e. The normalized spacial score (nSPS) is 17.7. The van der Waals surface area contributed by atoms with Crippen molar-refractivity contribution in [3.8, 4) is 5.75 Å². The molecule has 0 aliphatic carbocycles. The highest BCUT2D eigenvalue weighted by atomic mass is 16.5. The Morgan fingerprint density at radius 1 is 1.21 bits per heavy atom. The number of nitrogens with one attached hydrogen (secondary N) is 1. The van der Waals surface area contributed by atoms with Crippen molar-refractivity contribution in [3.63, 3.8) is 0 Å². The maximum absolute atomic E-state index is 13.4. The molecule has 2 aromatic carbocycles. The number of ether oxygens (including phenoxy) is 1. The number of aromatic amines is 1. The van der Waals surface area contributed by atoms with Crippen LogP contribution in [-0.4, -0.2) is 50.3 Å². The number of para-hydroxylation sites is 1. The minimum atomic E-state index is -0.329. The summed E-state index contributed by atoms with van der Waals surface area (Å²) in [5.41, 5.74) is 3.57. The van der Waals surface area contributed by atoms with Crippen LogP contribution in [0.1, 0.15) is 48.3 Å². The molecule has 176 valence electrons. The van der Waals surface area contributed by atoms with E-state index in [4.69, 9.17) is 4.74 Å². The Bertz CT molecular complexity index is 1340. The molecule has 3 heterocycles. The summed E-state index contributed by atoms with van der Waals surface area (Å²) in [7, 11) is 1.65. The van der Waals surface area contributed by atoms with Crippen LogP contribution in [0.3, 0.4) is 0 Å². The Kier molecular flexibility index (Phi) is 6.15. The van der Waals surface area contributed by atoms with Gasteiger partial charge in [0, 0.05) is 12.1 Å². The van der Waals surface area contributed by atoms with Crippen LogP contribution < -0.4 is 10.3 Å². The monoisotopic (exact) mass is 458 g/mol. The highest BCUT2D eigenvalue weighted by Crippen LogP contribution is 2.31. The van der Waals surface area contributed by atoms with Crippen LogP contribution in [0, 0.1) is 12.8 Å². The molecule has 0 radical (unpaired) electrons. The van der Waals surface area contributed by atoms with E-state index >= 15 is 0 Å². The lowest BCUT2D eigenvalue weighted by Crippen LogP contribution is -2.41. The number of nitrogens with zero attached hydrogens (tertiary/aromatic N) is 5. The Morgan fingerprint density at radius 2 is 2.03 bits per heavy atom. The highest BCUT2D eigenvalue weighted by molar-refractivity contribution is 5.82. The summed E-state index contributed by atoms with van der Waals surface area (Å²) < 4.78 is 7.09. The second-order valence-electron chi connectivity index (χ2n) is 9.28. The van der Waals surface area contributed by atoms with Gasteiger partial charge in [-0.2, -0.15) is 0 Å². The Hall–Kier alpha value is -3.52. The molecular formula is C26H30N6O2. The highest BCUT2D eigenvalue weighted by Gasteiger charge is 2.32. The number of aryl methyl sites for hydroxylation is 1. The lowest BCUT2D eigenvalue weighted by Gasteiger charge is -2.36. The Labute approximate surface area is 198 Å². The van der Waals surface area contributed by atoms with E-state index in [0.29, 0.717) is 23.9 Å². The zero-order valence-corrected chi connectivity index (χ0v) is 19.9. The van der Waals surface area contributed by atoms with E-state index in [2.05, 4.69) is 32.3 Å². The zero-order valence-electron chi connectivity index (χ0n) is 19.9. The summed E-state index contributed by atoms with van der Waals surface area (Å²) in [6.45, 7) is 6.58. The predicted octanol–water partition coefficient (Wildman–Crippen LogP) is 3.70. The molecule has 1 saturated heterocycles. The van der Waals surface area contributed by atoms with Crippen LogP contribution in [0.2, 0.25) is 0 Å². The number of hydrogen-bond acceptors (Lipinski definition) is 6. The minimum Gasteiger partial charge on any atom is -0.497 e. The van der Waals surface area contributed by atoms with Gasteiger partial charge in [-0.05, 0) is 77.4 Å². The third kappa shape index (κ3) is 4.33. The molecule has 0 amide bonds. The van der Waals surface area contributed by atoms with Gasteiger partial charge in [0.1, 0.15) is 11.8 Å². The molecule has 1 aliphatic rings. The van der Waals surface area contributed by atoms with E-state index in [9.17, 15) is 4.79 Å². The average molecular weight is 459 g/mol. The van der Waals surface area contributed by atoms with Crippen LogP contribution >= 0.6 is 0 Å². The fourth-order valence-electron chi connectivity index (χ4n) is 4.99. The van der Waals surface area contributed by atoms with Gasteiger partial charge in [-0.3, -0.25) is 9.69 Å². The summed E-state index contributed by atoms with van der Waals surface area (Å²) >= 11 is 0. The number of benzene rings is 2. The van der Waals surface area contributed by atoms with E-state index < -0.39 is 0 Å². The molecule has 2 atom stereocenters. The molecule has 0 spiro atoms. The molecule has 8 heteroatoms. The quantitative estimate of drug-likeness (QED) is 0.474. The average Bonchev–Trinajstić information content (AvgIpc) is 3.28. The van der Waals surface area contributed by atoms with Gasteiger partial charge in [0.25, 0.3) is 5.56 Å². The SMILES string of the molecule is COc1ccc(Cn2nnnc2[C@@H](c2cc3cccc(C)c3[nH]c2=O)N2CCC[C@H](C)C2)cc1. The maximum atomic E-state index is 13.4. The number of piperidine rings is 1. The number of tetrazole rings is 1. The van der Waals surface area contributed by atoms with Crippen LogP contribution in [-0.2, 0) is 6.54 Å². The predicted molar refractivity (Wildman–Crippen MR) is 131 cm³/mol. The van der Waals surface area contributed by atoms with Gasteiger partial charge in [-0.1, -0.05) is 37.3 Å². The fourth-order valence-corrected chi connectivity index (χ4v) is 4.99. The summed E-state index contributed by atoms with van der Waals surface area (Å²) in [5.74, 6) is 2.03. The third-order valence-corrected chi connectivity index (χ3v) is 6.76. The first-order valence-electron chi connectivity index (χ1n) is 11.8. The van der Waals surface area contributed by atoms with Crippen LogP contribution in [0.4, 0.5) is 0 Å². The third-order valence-electron chi connectivity index (χ3n) is 6.76. The number of hydrogen-bond donors (Lipinski definition) is 1. The molecule has 34 heavy (non-hydrogen) atoms. The van der Waals surface area contributed by atoms with Crippen LogP contribution in [0.25, 0.3) is 10.9 Å². The smallest absolute Gasteiger partial charge is 0.253 e. The van der Waals surface area contributed by atoms with Gasteiger partial charge in [0.05, 0.1) is 19.2 Å². The largest absolute Gasteiger partial charge is 0.497 e. The first-order chi connectivity index (χ1) is 16.5. The van der Waals surface area contributed by atoms with Crippen molar-refractivity contribution in [2.75, 3.05) is 20.2 Å². The van der Waals surface area contributed by atoms with E-state index in [-0.39, 0.29) is 11.6 Å². The van der Waals surface area contributed by atoms with Crippen molar-refractivity contribution in [2.45, 2.75) is 39.3 Å². The molecule has 1 aliphatic heterocycles. The number of likely N-dealkylation sites (tertiary alicyclic amines) is 1. The second kappa shape index (κ2) is 9.38. The molecule has 2 aromatic heterocycles. The van der Waals surface area contributed by atoms with Gasteiger partial charge in [-0.15, -0.1) is 5.10 Å². The Balaban J connectivity index is 1.60. The summed E-state index contributed by atoms with van der Waals surface area (Å²) in [6, 6.07) is 15.6. The van der Waals surface area contributed by atoms with Crippen LogP contribution in [0.15, 0.2) is 53.3 Å². The van der Waals surface area contributed by atoms with Gasteiger partial charge >= 0.3 is 0 Å². The van der Waals surface area contributed by atoms with Crippen molar-refractivity contribution in [2.24, 2.45) is 5.92 Å². The number of fused-ring (bicyclic) bond motifs is 1. The summed E-state index contributed by atoms with van der Waals surface area (Å²) in [4.78, 5) is 18.9. The second-order valence-corrected chi connectivity index (χ2v) is 9.28. The van der Waals surface area contributed by atoms with Crippen molar-refractivity contribution < 1.29 is 4.74 Å². The molecule has 0 saturated carbocycles. The summed E-state index contributed by atoms with van der Waals surface area (Å²) in [5, 5.41) is 13.8. The topological polar surface area (TPSA) is 88.9 Å². The van der Waals surface area contributed by atoms with Crippen molar-refractivity contribution in [1.82, 2.24) is 30.1 Å². The minimum absolute atomic E-state index is 0.0935. The number of methoxy groups -OCH3 is 1. The van der Waals surface area contributed by atoms with Crippen molar-refractivity contribution in [1.29, 1.82) is 0 Å². The van der Waals surface area contributed by atoms with E-state index in [1.165, 1.54) is 6.42 Å². The van der Waals surface area contributed by atoms with E-state index in [1.54, 1.807) is 7.11 Å². The van der Waals surface area contributed by atoms with E-state index in [1.807, 2.05) is 60.1 Å². The van der Waals surface area contributed by atoms with Gasteiger partial charge in [0.15, 0.2) is 5.82 Å². The van der Waals surface area contributed by atoms with Gasteiger partial charge in [-0.25, -0.2) is 4.68 Å². The molecule has 0 unspecified atom stereocenters. The van der Waals surface area contributed by atoms with Crippen molar-refractivity contribution >= 4 is 10.9 Å². The molecule has 0 bridgehead atoms. The van der Waals surface area contributed by atoms with Gasteiger partial charge < -0.3 is 9.72 Å². The van der Waals surface area contributed by atoms with Gasteiger partial charge in [0.2, 0.25) is 0 Å². The van der Waals surface area contributed by atoms with E-state index in [0.717, 1.165) is 47.3 Å². The fraction of sp³-hybridized carbons (Fsp3) is 0.385. The Morgan fingerprint density at radius 3 is 2.79 bits per heavy atom. The molecule has 5 rings (SSSR count). The number of H-pyrrole nitrogens is 1. The lowest BCUT2D eigenvalue weighted by atomic mass is 9.95. The summed E-state index contributed by atoms with van der Waals surface area (Å²) in [6.07, 6.45) is 2.27. The molecule has 1 N–H and O–H groups in total. The standard InChI is InChI=1S/C26H30N6O2/c1-17-6-5-13-31(15-17)24(22-14-20-8-4-7-18(2)23(20)27-26(22)33)25-28-29-30-32(25)16-19-9-11-21(34-3)12-10-19/h4,7-12,14,17,24H,5-6,13,15-16H2,1-3H3,(H,27,33)/t17-,24+/m0/s1.